The Morgan fingerprint density at radius 3 is 2.31 bits per heavy atom. The highest BCUT2D eigenvalue weighted by Crippen LogP contribution is 2.33. The number of nitrogens with one attached hydrogen (secondary N) is 2. The zero-order chi connectivity index (χ0) is 22.8. The number of guanidine groups is 1. The molecule has 1 aliphatic carbocycles. The van der Waals surface area contributed by atoms with E-state index in [4.69, 9.17) is 4.74 Å². The maximum atomic E-state index is 12.5. The van der Waals surface area contributed by atoms with Gasteiger partial charge in [-0.1, -0.05) is 31.4 Å². The van der Waals surface area contributed by atoms with Crippen LogP contribution in [0.4, 0.5) is 0 Å². The van der Waals surface area contributed by atoms with Crippen molar-refractivity contribution in [1.82, 2.24) is 20.4 Å². The van der Waals surface area contributed by atoms with E-state index in [9.17, 15) is 4.79 Å². The molecule has 7 heteroatoms. The van der Waals surface area contributed by atoms with Crippen molar-refractivity contribution in [2.75, 3.05) is 53.0 Å². The molecule has 0 spiro atoms. The molecule has 0 unspecified atom stereocenters. The van der Waals surface area contributed by atoms with Gasteiger partial charge in [0.25, 0.3) is 5.91 Å². The SMILES string of the molecule is CCN(CC)C(=O)c1ccc(CNC(=NC)NCC2(N3CCOCC3)CCCCC2)cc1. The lowest BCUT2D eigenvalue weighted by Crippen LogP contribution is -2.60. The average Bonchev–Trinajstić information content (AvgIpc) is 2.86. The third-order valence-electron chi connectivity index (χ3n) is 6.99. The van der Waals surface area contributed by atoms with Crippen LogP contribution in [-0.2, 0) is 11.3 Å². The molecule has 0 aromatic heterocycles. The highest BCUT2D eigenvalue weighted by molar-refractivity contribution is 5.94. The van der Waals surface area contributed by atoms with Crippen LogP contribution in [0.15, 0.2) is 29.3 Å². The average molecular weight is 444 g/mol. The van der Waals surface area contributed by atoms with E-state index in [0.29, 0.717) is 6.54 Å². The Balaban J connectivity index is 1.54. The molecular formula is C25H41N5O2. The maximum absolute atomic E-state index is 12.5. The summed E-state index contributed by atoms with van der Waals surface area (Å²) in [5, 5.41) is 7.04. The second-order valence-corrected chi connectivity index (χ2v) is 8.84. The minimum Gasteiger partial charge on any atom is -0.379 e. The van der Waals surface area contributed by atoms with Crippen molar-refractivity contribution in [2.24, 2.45) is 4.99 Å². The number of carbonyl (C=O) groups is 1. The van der Waals surface area contributed by atoms with Gasteiger partial charge < -0.3 is 20.3 Å². The van der Waals surface area contributed by atoms with Gasteiger partial charge in [-0.25, -0.2) is 0 Å². The predicted molar refractivity (Wildman–Crippen MR) is 130 cm³/mol. The Kier molecular flexibility index (Phi) is 9.36. The molecule has 1 aromatic carbocycles. The van der Waals surface area contributed by atoms with Gasteiger partial charge in [0.1, 0.15) is 0 Å². The highest BCUT2D eigenvalue weighted by Gasteiger charge is 2.38. The fourth-order valence-electron chi connectivity index (χ4n) is 4.97. The summed E-state index contributed by atoms with van der Waals surface area (Å²) in [7, 11) is 1.82. The summed E-state index contributed by atoms with van der Waals surface area (Å²) in [4.78, 5) is 21.4. The van der Waals surface area contributed by atoms with Crippen LogP contribution in [0.1, 0.15) is 61.9 Å². The quantitative estimate of drug-likeness (QED) is 0.478. The van der Waals surface area contributed by atoms with Crippen molar-refractivity contribution < 1.29 is 9.53 Å². The second kappa shape index (κ2) is 12.2. The number of benzene rings is 1. The molecule has 1 aromatic rings. The lowest BCUT2D eigenvalue weighted by molar-refractivity contribution is -0.0352. The smallest absolute Gasteiger partial charge is 0.253 e. The van der Waals surface area contributed by atoms with Crippen LogP contribution in [0.5, 0.6) is 0 Å². The molecule has 2 aliphatic rings. The summed E-state index contributed by atoms with van der Waals surface area (Å²) in [6.45, 7) is 10.8. The number of hydrogen-bond acceptors (Lipinski definition) is 4. The molecule has 0 radical (unpaired) electrons. The lowest BCUT2D eigenvalue weighted by Gasteiger charge is -2.48. The van der Waals surface area contributed by atoms with E-state index in [1.54, 1.807) is 0 Å². The highest BCUT2D eigenvalue weighted by atomic mass is 16.5. The van der Waals surface area contributed by atoms with E-state index in [1.165, 1.54) is 32.1 Å². The maximum Gasteiger partial charge on any atom is 0.253 e. The Morgan fingerprint density at radius 2 is 1.72 bits per heavy atom. The number of ether oxygens (including phenoxy) is 1. The molecule has 32 heavy (non-hydrogen) atoms. The first-order valence-corrected chi connectivity index (χ1v) is 12.3. The molecule has 0 bridgehead atoms. The number of rotatable bonds is 8. The molecule has 2 fully saturated rings. The molecule has 0 atom stereocenters. The van der Waals surface area contributed by atoms with Crippen LogP contribution in [0.3, 0.4) is 0 Å². The lowest BCUT2D eigenvalue weighted by atomic mass is 9.80. The normalized spacial score (nSPS) is 19.4. The van der Waals surface area contributed by atoms with E-state index in [1.807, 2.05) is 50.1 Å². The number of carbonyl (C=O) groups excluding carboxylic acids is 1. The third-order valence-corrected chi connectivity index (χ3v) is 6.99. The number of hydrogen-bond donors (Lipinski definition) is 2. The topological polar surface area (TPSA) is 69.2 Å². The Hall–Kier alpha value is -2.12. The molecule has 1 saturated heterocycles. The molecule has 1 aliphatic heterocycles. The van der Waals surface area contributed by atoms with E-state index >= 15 is 0 Å². The first-order valence-electron chi connectivity index (χ1n) is 12.3. The van der Waals surface area contributed by atoms with Crippen LogP contribution in [0.2, 0.25) is 0 Å². The van der Waals surface area contributed by atoms with Gasteiger partial charge in [-0.05, 0) is 44.4 Å². The van der Waals surface area contributed by atoms with Crippen molar-refractivity contribution in [3.05, 3.63) is 35.4 Å². The molecule has 1 saturated carbocycles. The fraction of sp³-hybridized carbons (Fsp3) is 0.680. The summed E-state index contributed by atoms with van der Waals surface area (Å²) in [5.74, 6) is 0.916. The first-order chi connectivity index (χ1) is 15.6. The summed E-state index contributed by atoms with van der Waals surface area (Å²) >= 11 is 0. The second-order valence-electron chi connectivity index (χ2n) is 8.84. The van der Waals surface area contributed by atoms with E-state index in [2.05, 4.69) is 20.5 Å². The molecule has 1 amide bonds. The van der Waals surface area contributed by atoms with Gasteiger partial charge in [0.05, 0.1) is 13.2 Å². The first kappa shape index (κ1) is 24.5. The molecule has 1 heterocycles. The van der Waals surface area contributed by atoms with E-state index in [0.717, 1.165) is 63.0 Å². The number of nitrogens with zero attached hydrogens (tertiary/aromatic N) is 3. The number of morpholine rings is 1. The summed E-state index contributed by atoms with van der Waals surface area (Å²) in [6.07, 6.45) is 6.40. The minimum atomic E-state index is 0.0906. The molecular weight excluding hydrogens is 402 g/mol. The van der Waals surface area contributed by atoms with Crippen molar-refractivity contribution in [3.63, 3.8) is 0 Å². The third kappa shape index (κ3) is 6.23. The van der Waals surface area contributed by atoms with Crippen LogP contribution >= 0.6 is 0 Å². The van der Waals surface area contributed by atoms with Crippen LogP contribution in [0, 0.1) is 0 Å². The minimum absolute atomic E-state index is 0.0906. The number of aliphatic imine (C=N–C) groups is 1. The van der Waals surface area contributed by atoms with E-state index in [-0.39, 0.29) is 11.4 Å². The standard InChI is InChI=1S/C25H41N5O2/c1-4-29(5-2)23(31)22-11-9-21(10-12-22)19-27-24(26-3)28-20-25(13-7-6-8-14-25)30-15-17-32-18-16-30/h9-12H,4-8,13-20H2,1-3H3,(H2,26,27,28). The largest absolute Gasteiger partial charge is 0.379 e. The van der Waals surface area contributed by atoms with Gasteiger partial charge in [-0.2, -0.15) is 0 Å². The van der Waals surface area contributed by atoms with Crippen LogP contribution in [-0.4, -0.2) is 80.2 Å². The van der Waals surface area contributed by atoms with Crippen molar-refractivity contribution in [1.29, 1.82) is 0 Å². The molecule has 7 nitrogen and oxygen atoms in total. The monoisotopic (exact) mass is 443 g/mol. The van der Waals surface area contributed by atoms with Gasteiger partial charge in [0, 0.05) is 57.4 Å². The summed E-state index contributed by atoms with van der Waals surface area (Å²) in [6, 6.07) is 7.88. The van der Waals surface area contributed by atoms with Crippen molar-refractivity contribution in [3.8, 4) is 0 Å². The number of amides is 1. The van der Waals surface area contributed by atoms with Gasteiger partial charge in [0.2, 0.25) is 0 Å². The Labute approximate surface area is 193 Å². The fourth-order valence-corrected chi connectivity index (χ4v) is 4.97. The molecule has 3 rings (SSSR count). The zero-order valence-corrected chi connectivity index (χ0v) is 20.2. The van der Waals surface area contributed by atoms with Gasteiger partial charge >= 0.3 is 0 Å². The summed E-state index contributed by atoms with van der Waals surface area (Å²) in [5.41, 5.74) is 2.07. The van der Waals surface area contributed by atoms with Gasteiger partial charge in [0.15, 0.2) is 5.96 Å². The van der Waals surface area contributed by atoms with Crippen LogP contribution < -0.4 is 10.6 Å². The predicted octanol–water partition coefficient (Wildman–Crippen LogP) is 2.87. The molecule has 2 N–H and O–H groups in total. The zero-order valence-electron chi connectivity index (χ0n) is 20.2. The Bertz CT molecular complexity index is 733. The van der Waals surface area contributed by atoms with Gasteiger partial charge in [-0.15, -0.1) is 0 Å². The van der Waals surface area contributed by atoms with Gasteiger partial charge in [-0.3, -0.25) is 14.7 Å². The molecule has 178 valence electrons. The van der Waals surface area contributed by atoms with Crippen molar-refractivity contribution >= 4 is 11.9 Å². The van der Waals surface area contributed by atoms with Crippen molar-refractivity contribution in [2.45, 2.75) is 58.0 Å². The van der Waals surface area contributed by atoms with E-state index < -0.39 is 0 Å². The van der Waals surface area contributed by atoms with Crippen LogP contribution in [0.25, 0.3) is 0 Å². The summed E-state index contributed by atoms with van der Waals surface area (Å²) < 4.78 is 5.60. The Morgan fingerprint density at radius 1 is 1.06 bits per heavy atom.